The molecule has 1 saturated heterocycles. The van der Waals surface area contributed by atoms with E-state index in [-0.39, 0.29) is 6.03 Å². The Morgan fingerprint density at radius 1 is 0.969 bits per heavy atom. The fourth-order valence-electron chi connectivity index (χ4n) is 3.86. The maximum absolute atomic E-state index is 13.3. The minimum Gasteiger partial charge on any atom is -0.496 e. The van der Waals surface area contributed by atoms with E-state index < -0.39 is 0 Å². The molecule has 0 atom stereocenters. The molecule has 6 nitrogen and oxygen atoms in total. The van der Waals surface area contributed by atoms with E-state index in [2.05, 4.69) is 28.9 Å². The number of hydrogen-bond acceptors (Lipinski definition) is 4. The van der Waals surface area contributed by atoms with Crippen LogP contribution in [0.3, 0.4) is 0 Å². The van der Waals surface area contributed by atoms with Crippen molar-refractivity contribution in [1.82, 2.24) is 4.90 Å². The second kappa shape index (κ2) is 12.0. The van der Waals surface area contributed by atoms with Gasteiger partial charge < -0.3 is 19.1 Å². The first kappa shape index (κ1) is 24.2. The SMILES string of the molecule is CCCCCOc1cc(N2CCCN(Cc3ccc(CBr)cc3OC)C2=O)ccc1OC. The normalized spacial score (nSPS) is 13.9. The molecule has 3 rings (SSSR count). The average Bonchev–Trinajstić information content (AvgIpc) is 2.83. The summed E-state index contributed by atoms with van der Waals surface area (Å²) in [5.74, 6) is 2.17. The molecular weight excluding hydrogens is 472 g/mol. The van der Waals surface area contributed by atoms with Crippen molar-refractivity contribution >= 4 is 27.6 Å². The number of halogens is 1. The fourth-order valence-corrected chi connectivity index (χ4v) is 4.21. The smallest absolute Gasteiger partial charge is 0.324 e. The van der Waals surface area contributed by atoms with Crippen LogP contribution in [0.1, 0.15) is 43.7 Å². The zero-order valence-corrected chi connectivity index (χ0v) is 20.8. The zero-order chi connectivity index (χ0) is 22.9. The summed E-state index contributed by atoms with van der Waals surface area (Å²) in [6.07, 6.45) is 4.16. The molecule has 0 unspecified atom stereocenters. The van der Waals surface area contributed by atoms with Crippen molar-refractivity contribution in [3.8, 4) is 17.2 Å². The molecular formula is C25H33BrN2O4. The number of nitrogens with zero attached hydrogens (tertiary/aromatic N) is 2. The Kier molecular flexibility index (Phi) is 9.09. The number of amides is 2. The van der Waals surface area contributed by atoms with Crippen LogP contribution in [0, 0.1) is 0 Å². The van der Waals surface area contributed by atoms with Crippen LogP contribution in [0.15, 0.2) is 36.4 Å². The lowest BCUT2D eigenvalue weighted by molar-refractivity contribution is 0.191. The highest BCUT2D eigenvalue weighted by Gasteiger charge is 2.28. The molecule has 2 aromatic carbocycles. The van der Waals surface area contributed by atoms with Gasteiger partial charge in [-0.25, -0.2) is 4.79 Å². The van der Waals surface area contributed by atoms with Gasteiger partial charge in [0.2, 0.25) is 0 Å². The molecule has 0 spiro atoms. The summed E-state index contributed by atoms with van der Waals surface area (Å²) in [5.41, 5.74) is 2.97. The Bertz CT molecular complexity index is 906. The number of hydrogen-bond donors (Lipinski definition) is 0. The standard InChI is InChI=1S/C25H33BrN2O4/c1-4-5-6-14-32-24-16-21(10-11-22(24)30-2)28-13-7-12-27(25(28)29)18-20-9-8-19(17-26)15-23(20)31-3/h8-11,15-16H,4-7,12-14,17-18H2,1-3H3. The topological polar surface area (TPSA) is 51.2 Å². The minimum absolute atomic E-state index is 0.00929. The molecule has 0 radical (unpaired) electrons. The first-order valence-corrected chi connectivity index (χ1v) is 12.3. The highest BCUT2D eigenvalue weighted by Crippen LogP contribution is 2.34. The van der Waals surface area contributed by atoms with E-state index in [9.17, 15) is 4.79 Å². The number of carbonyl (C=O) groups is 1. The summed E-state index contributed by atoms with van der Waals surface area (Å²) in [6, 6.07) is 11.8. The molecule has 0 saturated carbocycles. The maximum atomic E-state index is 13.3. The molecule has 1 heterocycles. The van der Waals surface area contributed by atoms with Crippen molar-refractivity contribution in [2.75, 3.05) is 38.8 Å². The summed E-state index contributed by atoms with van der Waals surface area (Å²) >= 11 is 3.48. The number of carbonyl (C=O) groups excluding carboxylic acids is 1. The van der Waals surface area contributed by atoms with Crippen molar-refractivity contribution in [2.45, 2.75) is 44.5 Å². The van der Waals surface area contributed by atoms with Crippen molar-refractivity contribution in [3.05, 3.63) is 47.5 Å². The maximum Gasteiger partial charge on any atom is 0.324 e. The van der Waals surface area contributed by atoms with Crippen LogP contribution in [0.2, 0.25) is 0 Å². The van der Waals surface area contributed by atoms with Gasteiger partial charge in [0.1, 0.15) is 5.75 Å². The average molecular weight is 505 g/mol. The van der Waals surface area contributed by atoms with E-state index in [1.807, 2.05) is 40.1 Å². The van der Waals surface area contributed by atoms with Gasteiger partial charge in [0, 0.05) is 35.7 Å². The largest absolute Gasteiger partial charge is 0.496 e. The van der Waals surface area contributed by atoms with E-state index in [1.165, 1.54) is 0 Å². The second-order valence-electron chi connectivity index (χ2n) is 7.88. The predicted molar refractivity (Wildman–Crippen MR) is 131 cm³/mol. The number of rotatable bonds is 11. The molecule has 1 aliphatic heterocycles. The van der Waals surface area contributed by atoms with Gasteiger partial charge in [-0.1, -0.05) is 47.8 Å². The quantitative estimate of drug-likeness (QED) is 0.278. The van der Waals surface area contributed by atoms with Gasteiger partial charge >= 0.3 is 6.03 Å². The van der Waals surface area contributed by atoms with Gasteiger partial charge in [-0.2, -0.15) is 0 Å². The van der Waals surface area contributed by atoms with E-state index in [1.54, 1.807) is 14.2 Å². The van der Waals surface area contributed by atoms with Gasteiger partial charge in [0.05, 0.1) is 27.4 Å². The highest BCUT2D eigenvalue weighted by molar-refractivity contribution is 9.08. The molecule has 32 heavy (non-hydrogen) atoms. The zero-order valence-electron chi connectivity index (χ0n) is 19.2. The first-order valence-electron chi connectivity index (χ1n) is 11.2. The van der Waals surface area contributed by atoms with E-state index in [0.717, 1.165) is 60.1 Å². The van der Waals surface area contributed by atoms with Crippen molar-refractivity contribution in [1.29, 1.82) is 0 Å². The summed E-state index contributed by atoms with van der Waals surface area (Å²) in [5, 5.41) is 0.764. The van der Waals surface area contributed by atoms with Crippen LogP contribution in [0.4, 0.5) is 10.5 Å². The van der Waals surface area contributed by atoms with E-state index in [0.29, 0.717) is 31.2 Å². The van der Waals surface area contributed by atoms with Crippen LogP contribution >= 0.6 is 15.9 Å². The van der Waals surface area contributed by atoms with Crippen LogP contribution in [-0.2, 0) is 11.9 Å². The number of anilines is 1. The number of ether oxygens (including phenoxy) is 3. The molecule has 2 amide bonds. The summed E-state index contributed by atoms with van der Waals surface area (Å²) in [7, 11) is 3.30. The second-order valence-corrected chi connectivity index (χ2v) is 8.44. The molecule has 174 valence electrons. The number of unbranched alkanes of at least 4 members (excludes halogenated alkanes) is 2. The van der Waals surface area contributed by atoms with Gasteiger partial charge in [-0.05, 0) is 36.6 Å². The third-order valence-corrected chi connectivity index (χ3v) is 6.29. The summed E-state index contributed by atoms with van der Waals surface area (Å²) < 4.78 is 17.0. The van der Waals surface area contributed by atoms with Gasteiger partial charge in [-0.15, -0.1) is 0 Å². The molecule has 0 aliphatic carbocycles. The predicted octanol–water partition coefficient (Wildman–Crippen LogP) is 6.00. The van der Waals surface area contributed by atoms with Crippen molar-refractivity contribution in [3.63, 3.8) is 0 Å². The molecule has 2 aromatic rings. The van der Waals surface area contributed by atoms with Crippen LogP contribution in [0.25, 0.3) is 0 Å². The summed E-state index contributed by atoms with van der Waals surface area (Å²) in [6.45, 7) is 4.71. The lowest BCUT2D eigenvalue weighted by Gasteiger charge is -2.36. The lowest BCUT2D eigenvalue weighted by Crippen LogP contribution is -2.49. The minimum atomic E-state index is -0.00929. The van der Waals surface area contributed by atoms with Crippen LogP contribution < -0.4 is 19.1 Å². The third kappa shape index (κ3) is 5.88. The van der Waals surface area contributed by atoms with E-state index in [4.69, 9.17) is 14.2 Å². The van der Waals surface area contributed by atoms with Crippen molar-refractivity contribution in [2.24, 2.45) is 0 Å². The highest BCUT2D eigenvalue weighted by atomic mass is 79.9. The number of benzene rings is 2. The molecule has 1 aliphatic rings. The van der Waals surface area contributed by atoms with E-state index >= 15 is 0 Å². The van der Waals surface area contributed by atoms with Gasteiger partial charge in [0.15, 0.2) is 11.5 Å². The Morgan fingerprint density at radius 3 is 2.50 bits per heavy atom. The number of alkyl halides is 1. The Morgan fingerprint density at radius 2 is 1.78 bits per heavy atom. The molecule has 7 heteroatoms. The van der Waals surface area contributed by atoms with Gasteiger partial charge in [-0.3, -0.25) is 4.90 Å². The summed E-state index contributed by atoms with van der Waals surface area (Å²) in [4.78, 5) is 17.0. The molecule has 0 N–H and O–H groups in total. The van der Waals surface area contributed by atoms with Crippen LogP contribution in [0.5, 0.6) is 17.2 Å². The van der Waals surface area contributed by atoms with Crippen molar-refractivity contribution < 1.29 is 19.0 Å². The number of urea groups is 1. The fraction of sp³-hybridized carbons (Fsp3) is 0.480. The number of methoxy groups -OCH3 is 2. The molecule has 0 bridgehead atoms. The lowest BCUT2D eigenvalue weighted by atomic mass is 10.1. The molecule has 1 fully saturated rings. The monoisotopic (exact) mass is 504 g/mol. The Labute approximate surface area is 199 Å². The van der Waals surface area contributed by atoms with Gasteiger partial charge in [0.25, 0.3) is 0 Å². The Hall–Kier alpha value is -2.41. The Balaban J connectivity index is 1.76. The third-order valence-electron chi connectivity index (χ3n) is 5.64. The molecule has 0 aromatic heterocycles. The van der Waals surface area contributed by atoms with Crippen LogP contribution in [-0.4, -0.2) is 44.8 Å². The first-order chi connectivity index (χ1) is 15.6.